The van der Waals surface area contributed by atoms with Crippen molar-refractivity contribution in [3.63, 3.8) is 0 Å². The number of hydrogen-bond acceptors (Lipinski definition) is 4. The average molecular weight is 377 g/mol. The third kappa shape index (κ3) is 3.40. The van der Waals surface area contributed by atoms with Crippen molar-refractivity contribution in [3.05, 3.63) is 47.7 Å². The number of nitrogens with zero attached hydrogens (tertiary/aromatic N) is 3. The van der Waals surface area contributed by atoms with E-state index in [2.05, 4.69) is 37.3 Å². The van der Waals surface area contributed by atoms with E-state index >= 15 is 0 Å². The fourth-order valence-corrected chi connectivity index (χ4v) is 3.70. The van der Waals surface area contributed by atoms with E-state index in [9.17, 15) is 4.79 Å². The highest BCUT2D eigenvalue weighted by molar-refractivity contribution is 6.06. The van der Waals surface area contributed by atoms with Gasteiger partial charge in [0.1, 0.15) is 0 Å². The molecule has 6 heteroatoms. The van der Waals surface area contributed by atoms with Gasteiger partial charge in [0, 0.05) is 24.2 Å². The first-order valence-electron chi connectivity index (χ1n) is 9.94. The minimum Gasteiger partial charge on any atom is -0.348 e. The Bertz CT molecular complexity index is 1020. The second-order valence-electron chi connectivity index (χ2n) is 7.94. The van der Waals surface area contributed by atoms with Crippen LogP contribution in [0.25, 0.3) is 22.3 Å². The molecule has 1 aliphatic carbocycles. The van der Waals surface area contributed by atoms with E-state index in [0.29, 0.717) is 18.0 Å². The summed E-state index contributed by atoms with van der Waals surface area (Å²) in [4.78, 5) is 18.0. The molecule has 1 atom stereocenters. The van der Waals surface area contributed by atoms with Crippen LogP contribution in [0, 0.1) is 12.8 Å². The molecule has 0 bridgehead atoms. The highest BCUT2D eigenvalue weighted by Gasteiger charge is 2.32. The second kappa shape index (κ2) is 7.36. The number of nitrogens with two attached hydrogens (primary N) is 1. The maximum atomic E-state index is 13.2. The number of amides is 1. The molecule has 2 heterocycles. The van der Waals surface area contributed by atoms with E-state index in [1.165, 1.54) is 0 Å². The number of fused-ring (bicyclic) bond motifs is 1. The summed E-state index contributed by atoms with van der Waals surface area (Å²) in [7, 11) is 0. The van der Waals surface area contributed by atoms with Crippen LogP contribution in [-0.2, 0) is 0 Å². The first kappa shape index (κ1) is 18.6. The van der Waals surface area contributed by atoms with Crippen molar-refractivity contribution < 1.29 is 4.79 Å². The van der Waals surface area contributed by atoms with Crippen LogP contribution in [0.2, 0.25) is 0 Å². The summed E-state index contributed by atoms with van der Waals surface area (Å²) in [5.41, 5.74) is 10.2. The van der Waals surface area contributed by atoms with E-state index in [-0.39, 0.29) is 18.0 Å². The molecule has 1 unspecified atom stereocenters. The lowest BCUT2D eigenvalue weighted by Crippen LogP contribution is -2.41. The summed E-state index contributed by atoms with van der Waals surface area (Å²) < 4.78 is 1.87. The maximum absolute atomic E-state index is 13.2. The minimum atomic E-state index is -0.104. The van der Waals surface area contributed by atoms with Crippen molar-refractivity contribution in [2.24, 2.45) is 11.7 Å². The average Bonchev–Trinajstić information content (AvgIpc) is 3.43. The number of aryl methyl sites for hydroxylation is 1. The number of hydrogen-bond donors (Lipinski definition) is 2. The van der Waals surface area contributed by atoms with Crippen molar-refractivity contribution in [2.45, 2.75) is 45.7 Å². The third-order valence-corrected chi connectivity index (χ3v) is 5.48. The zero-order chi connectivity index (χ0) is 19.8. The number of nitrogens with one attached hydrogen (secondary N) is 1. The van der Waals surface area contributed by atoms with Gasteiger partial charge < -0.3 is 11.1 Å². The Kier molecular flexibility index (Phi) is 4.89. The SMILES string of the molecule is Cc1ccccc1-c1cc(C(=O)NC(CN)C2CC2)c2cnn(C(C)C)c2n1. The van der Waals surface area contributed by atoms with E-state index < -0.39 is 0 Å². The highest BCUT2D eigenvalue weighted by Crippen LogP contribution is 2.33. The van der Waals surface area contributed by atoms with Crippen LogP contribution in [0.5, 0.6) is 0 Å². The molecule has 1 amide bonds. The summed E-state index contributed by atoms with van der Waals surface area (Å²) in [5.74, 6) is 0.397. The predicted molar refractivity (Wildman–Crippen MR) is 111 cm³/mol. The monoisotopic (exact) mass is 377 g/mol. The molecule has 6 nitrogen and oxygen atoms in total. The summed E-state index contributed by atoms with van der Waals surface area (Å²) >= 11 is 0. The van der Waals surface area contributed by atoms with Crippen molar-refractivity contribution in [1.82, 2.24) is 20.1 Å². The highest BCUT2D eigenvalue weighted by atomic mass is 16.1. The standard InChI is InChI=1S/C22H27N5O/c1-13(2)27-21-18(12-24-27)17(22(28)26-20(11-23)15-8-9-15)10-19(25-21)16-7-5-4-6-14(16)3/h4-7,10,12-13,15,20H,8-9,11,23H2,1-3H3,(H,26,28). The van der Waals surface area contributed by atoms with Crippen LogP contribution in [-0.4, -0.2) is 33.3 Å². The van der Waals surface area contributed by atoms with Gasteiger partial charge in [0.25, 0.3) is 5.91 Å². The zero-order valence-electron chi connectivity index (χ0n) is 16.6. The minimum absolute atomic E-state index is 0.0257. The van der Waals surface area contributed by atoms with Crippen molar-refractivity contribution in [2.75, 3.05) is 6.54 Å². The molecule has 3 N–H and O–H groups in total. The number of pyridine rings is 1. The first-order chi connectivity index (χ1) is 13.5. The van der Waals surface area contributed by atoms with Crippen LogP contribution in [0.4, 0.5) is 0 Å². The van der Waals surface area contributed by atoms with Gasteiger partial charge >= 0.3 is 0 Å². The topological polar surface area (TPSA) is 85.8 Å². The molecule has 3 aromatic rings. The largest absolute Gasteiger partial charge is 0.348 e. The van der Waals surface area contributed by atoms with Gasteiger partial charge in [-0.15, -0.1) is 0 Å². The van der Waals surface area contributed by atoms with Crippen LogP contribution < -0.4 is 11.1 Å². The molecule has 1 aromatic carbocycles. The number of carbonyl (C=O) groups excluding carboxylic acids is 1. The van der Waals surface area contributed by atoms with Gasteiger partial charge in [-0.25, -0.2) is 9.67 Å². The van der Waals surface area contributed by atoms with Gasteiger partial charge in [-0.1, -0.05) is 24.3 Å². The van der Waals surface area contributed by atoms with Gasteiger partial charge in [0.15, 0.2) is 5.65 Å². The molecule has 1 fully saturated rings. The van der Waals surface area contributed by atoms with E-state index in [1.807, 2.05) is 28.9 Å². The molecule has 1 saturated carbocycles. The van der Waals surface area contributed by atoms with Gasteiger partial charge in [0.05, 0.1) is 22.8 Å². The fourth-order valence-electron chi connectivity index (χ4n) is 3.70. The lowest BCUT2D eigenvalue weighted by Gasteiger charge is -2.17. The zero-order valence-corrected chi connectivity index (χ0v) is 16.6. The number of aromatic nitrogens is 3. The van der Waals surface area contributed by atoms with Crippen LogP contribution in [0.1, 0.15) is 48.7 Å². The number of carbonyl (C=O) groups is 1. The summed E-state index contributed by atoms with van der Waals surface area (Å²) in [6.07, 6.45) is 4.01. The quantitative estimate of drug-likeness (QED) is 0.689. The van der Waals surface area contributed by atoms with E-state index in [1.54, 1.807) is 6.20 Å². The van der Waals surface area contributed by atoms with Crippen LogP contribution >= 0.6 is 0 Å². The van der Waals surface area contributed by atoms with Gasteiger partial charge in [-0.2, -0.15) is 5.10 Å². The Hall–Kier alpha value is -2.73. The summed E-state index contributed by atoms with van der Waals surface area (Å²) in [6.45, 7) is 6.64. The molecule has 0 spiro atoms. The van der Waals surface area contributed by atoms with Crippen molar-refractivity contribution >= 4 is 16.9 Å². The third-order valence-electron chi connectivity index (χ3n) is 5.48. The van der Waals surface area contributed by atoms with Crippen molar-refractivity contribution in [3.8, 4) is 11.3 Å². The predicted octanol–water partition coefficient (Wildman–Crippen LogP) is 3.45. The van der Waals surface area contributed by atoms with E-state index in [0.717, 1.165) is 40.7 Å². The Morgan fingerprint density at radius 1 is 1.32 bits per heavy atom. The Balaban J connectivity index is 1.84. The molecular weight excluding hydrogens is 350 g/mol. The molecule has 146 valence electrons. The Morgan fingerprint density at radius 3 is 2.71 bits per heavy atom. The second-order valence-corrected chi connectivity index (χ2v) is 7.94. The molecule has 1 aliphatic rings. The van der Waals surface area contributed by atoms with Crippen LogP contribution in [0.15, 0.2) is 36.5 Å². The maximum Gasteiger partial charge on any atom is 0.252 e. The molecule has 0 aliphatic heterocycles. The molecule has 0 radical (unpaired) electrons. The summed E-state index contributed by atoms with van der Waals surface area (Å²) in [5, 5.41) is 8.40. The lowest BCUT2D eigenvalue weighted by atomic mass is 10.0. The van der Waals surface area contributed by atoms with Gasteiger partial charge in [0.2, 0.25) is 0 Å². The van der Waals surface area contributed by atoms with Crippen LogP contribution in [0.3, 0.4) is 0 Å². The normalized spacial score (nSPS) is 15.2. The fraction of sp³-hybridized carbons (Fsp3) is 0.409. The molecule has 4 rings (SSSR count). The number of rotatable bonds is 6. The first-order valence-corrected chi connectivity index (χ1v) is 9.94. The van der Waals surface area contributed by atoms with Gasteiger partial charge in [-0.05, 0) is 51.2 Å². The lowest BCUT2D eigenvalue weighted by molar-refractivity contribution is 0.0935. The van der Waals surface area contributed by atoms with Crippen molar-refractivity contribution in [1.29, 1.82) is 0 Å². The number of benzene rings is 1. The molecule has 28 heavy (non-hydrogen) atoms. The Morgan fingerprint density at radius 2 is 2.07 bits per heavy atom. The van der Waals surface area contributed by atoms with Gasteiger partial charge in [-0.3, -0.25) is 4.79 Å². The molecule has 0 saturated heterocycles. The summed E-state index contributed by atoms with van der Waals surface area (Å²) in [6, 6.07) is 10.1. The molecule has 2 aromatic heterocycles. The molecular formula is C22H27N5O. The van der Waals surface area contributed by atoms with E-state index in [4.69, 9.17) is 10.7 Å². The smallest absolute Gasteiger partial charge is 0.252 e. The Labute approximate surface area is 165 Å².